The smallest absolute Gasteiger partial charge is 0.248 e. The number of carbonyl (C=O) groups is 1. The second-order valence-electron chi connectivity index (χ2n) is 3.27. The first kappa shape index (κ1) is 10.9. The Bertz CT molecular complexity index is 539. The van der Waals surface area contributed by atoms with E-state index in [0.717, 1.165) is 0 Å². The summed E-state index contributed by atoms with van der Waals surface area (Å²) in [5, 5.41) is 0. The highest BCUT2D eigenvalue weighted by molar-refractivity contribution is 5.92. The van der Waals surface area contributed by atoms with Gasteiger partial charge in [-0.2, -0.15) is 4.98 Å². The molecule has 0 fully saturated rings. The van der Waals surface area contributed by atoms with Crippen LogP contribution in [0.2, 0.25) is 0 Å². The van der Waals surface area contributed by atoms with E-state index in [1.165, 1.54) is 12.5 Å². The lowest BCUT2D eigenvalue weighted by Gasteiger charge is -2.06. The van der Waals surface area contributed by atoms with Gasteiger partial charge in [-0.1, -0.05) is 0 Å². The van der Waals surface area contributed by atoms with E-state index in [2.05, 4.69) is 9.97 Å². The van der Waals surface area contributed by atoms with Crippen molar-refractivity contribution in [3.05, 3.63) is 42.4 Å². The Morgan fingerprint density at radius 3 is 2.53 bits per heavy atom. The molecule has 0 aliphatic carbocycles. The minimum atomic E-state index is -0.488. The predicted molar refractivity (Wildman–Crippen MR) is 61.5 cm³/mol. The lowest BCUT2D eigenvalue weighted by atomic mass is 10.2. The predicted octanol–water partition coefficient (Wildman–Crippen LogP) is 0.950. The summed E-state index contributed by atoms with van der Waals surface area (Å²) in [5.74, 6) is 0.297. The highest BCUT2D eigenvalue weighted by Crippen LogP contribution is 2.23. The molecule has 0 aliphatic rings. The number of hydrogen-bond donors (Lipinski definition) is 2. The molecular weight excluding hydrogens is 220 g/mol. The van der Waals surface area contributed by atoms with Crippen LogP contribution in [0.5, 0.6) is 11.6 Å². The van der Waals surface area contributed by atoms with Gasteiger partial charge in [0, 0.05) is 5.56 Å². The molecule has 0 bridgehead atoms. The molecule has 4 N–H and O–H groups in total. The first-order valence-electron chi connectivity index (χ1n) is 4.80. The van der Waals surface area contributed by atoms with Crippen molar-refractivity contribution in [3.63, 3.8) is 0 Å². The molecule has 6 heteroatoms. The van der Waals surface area contributed by atoms with Crippen molar-refractivity contribution in [2.75, 3.05) is 5.73 Å². The molecule has 86 valence electrons. The van der Waals surface area contributed by atoms with Gasteiger partial charge in [0.25, 0.3) is 0 Å². The zero-order chi connectivity index (χ0) is 12.3. The minimum absolute atomic E-state index is 0.270. The Morgan fingerprint density at radius 2 is 1.94 bits per heavy atom. The normalized spacial score (nSPS) is 9.88. The van der Waals surface area contributed by atoms with E-state index in [-0.39, 0.29) is 5.88 Å². The van der Waals surface area contributed by atoms with Gasteiger partial charge < -0.3 is 16.2 Å². The number of ether oxygens (including phenoxy) is 1. The van der Waals surface area contributed by atoms with Crippen molar-refractivity contribution < 1.29 is 9.53 Å². The molecule has 1 amide bonds. The van der Waals surface area contributed by atoms with Gasteiger partial charge in [-0.3, -0.25) is 4.79 Å². The van der Waals surface area contributed by atoms with Crippen molar-refractivity contribution >= 4 is 11.6 Å². The Morgan fingerprint density at radius 1 is 1.24 bits per heavy atom. The average Bonchev–Trinajstić information content (AvgIpc) is 2.33. The summed E-state index contributed by atoms with van der Waals surface area (Å²) in [6, 6.07) is 6.35. The Kier molecular flexibility index (Phi) is 2.87. The molecule has 0 aliphatic heterocycles. The zero-order valence-electron chi connectivity index (χ0n) is 8.83. The molecule has 0 radical (unpaired) electrons. The molecule has 2 aromatic rings. The monoisotopic (exact) mass is 230 g/mol. The third kappa shape index (κ3) is 2.49. The maximum Gasteiger partial charge on any atom is 0.248 e. The number of anilines is 1. The quantitative estimate of drug-likeness (QED) is 0.816. The van der Waals surface area contributed by atoms with Gasteiger partial charge in [0.2, 0.25) is 11.8 Å². The van der Waals surface area contributed by atoms with Crippen LogP contribution in [0.15, 0.2) is 36.8 Å². The van der Waals surface area contributed by atoms with Crippen molar-refractivity contribution in [2.45, 2.75) is 0 Å². The van der Waals surface area contributed by atoms with Crippen LogP contribution in [0.1, 0.15) is 10.4 Å². The van der Waals surface area contributed by atoms with Gasteiger partial charge in [0.05, 0.1) is 6.20 Å². The standard InChI is InChI=1S/C11H10N4O2/c12-9-5-14-6-15-11(9)17-8-3-1-7(2-4-8)10(13)16/h1-6H,12H2,(H2,13,16). The summed E-state index contributed by atoms with van der Waals surface area (Å²) in [7, 11) is 0. The number of aromatic nitrogens is 2. The number of hydrogen-bond acceptors (Lipinski definition) is 5. The van der Waals surface area contributed by atoms with E-state index in [1.807, 2.05) is 0 Å². The van der Waals surface area contributed by atoms with Crippen LogP contribution in [0, 0.1) is 0 Å². The lowest BCUT2D eigenvalue weighted by Crippen LogP contribution is -2.10. The van der Waals surface area contributed by atoms with Crippen LogP contribution in [0.4, 0.5) is 5.69 Å². The van der Waals surface area contributed by atoms with E-state index < -0.39 is 5.91 Å². The van der Waals surface area contributed by atoms with E-state index >= 15 is 0 Å². The second kappa shape index (κ2) is 4.48. The van der Waals surface area contributed by atoms with E-state index in [9.17, 15) is 4.79 Å². The van der Waals surface area contributed by atoms with Gasteiger partial charge in [0.15, 0.2) is 0 Å². The molecule has 1 heterocycles. The molecule has 0 saturated heterocycles. The Balaban J connectivity index is 2.20. The van der Waals surface area contributed by atoms with Crippen molar-refractivity contribution in [1.29, 1.82) is 0 Å². The summed E-state index contributed by atoms with van der Waals surface area (Å²) < 4.78 is 5.42. The number of nitrogens with two attached hydrogens (primary N) is 2. The summed E-state index contributed by atoms with van der Waals surface area (Å²) >= 11 is 0. The van der Waals surface area contributed by atoms with Gasteiger partial charge in [-0.15, -0.1) is 0 Å². The van der Waals surface area contributed by atoms with Crippen molar-refractivity contribution in [3.8, 4) is 11.6 Å². The van der Waals surface area contributed by atoms with Crippen LogP contribution in [-0.2, 0) is 0 Å². The third-order valence-corrected chi connectivity index (χ3v) is 2.06. The van der Waals surface area contributed by atoms with Gasteiger partial charge >= 0.3 is 0 Å². The first-order valence-corrected chi connectivity index (χ1v) is 4.80. The van der Waals surface area contributed by atoms with Crippen LogP contribution in [-0.4, -0.2) is 15.9 Å². The fraction of sp³-hybridized carbons (Fsp3) is 0. The van der Waals surface area contributed by atoms with Crippen LogP contribution in [0.3, 0.4) is 0 Å². The number of nitrogen functional groups attached to an aromatic ring is 1. The number of nitrogens with zero attached hydrogens (tertiary/aromatic N) is 2. The Hall–Kier alpha value is -2.63. The van der Waals surface area contributed by atoms with E-state index in [0.29, 0.717) is 17.0 Å². The van der Waals surface area contributed by atoms with Gasteiger partial charge in [-0.05, 0) is 24.3 Å². The lowest BCUT2D eigenvalue weighted by molar-refractivity contribution is 0.100. The maximum absolute atomic E-state index is 10.9. The second-order valence-corrected chi connectivity index (χ2v) is 3.27. The van der Waals surface area contributed by atoms with E-state index in [1.54, 1.807) is 24.3 Å². The summed E-state index contributed by atoms with van der Waals surface area (Å²) in [5.41, 5.74) is 11.5. The summed E-state index contributed by atoms with van der Waals surface area (Å²) in [6.07, 6.45) is 2.78. The number of amides is 1. The molecule has 1 aromatic heterocycles. The number of primary amides is 1. The molecule has 0 saturated carbocycles. The molecule has 0 spiro atoms. The fourth-order valence-corrected chi connectivity index (χ4v) is 1.21. The Labute approximate surface area is 97.2 Å². The molecule has 2 rings (SSSR count). The maximum atomic E-state index is 10.9. The van der Waals surface area contributed by atoms with E-state index in [4.69, 9.17) is 16.2 Å². The zero-order valence-corrected chi connectivity index (χ0v) is 8.83. The van der Waals surface area contributed by atoms with Gasteiger partial charge in [0.1, 0.15) is 17.8 Å². The first-order chi connectivity index (χ1) is 8.16. The minimum Gasteiger partial charge on any atom is -0.437 e. The van der Waals surface area contributed by atoms with Crippen molar-refractivity contribution in [1.82, 2.24) is 9.97 Å². The average molecular weight is 230 g/mol. The number of rotatable bonds is 3. The summed E-state index contributed by atoms with van der Waals surface area (Å²) in [4.78, 5) is 18.5. The largest absolute Gasteiger partial charge is 0.437 e. The number of benzene rings is 1. The molecule has 0 unspecified atom stereocenters. The molecule has 17 heavy (non-hydrogen) atoms. The highest BCUT2D eigenvalue weighted by atomic mass is 16.5. The molecule has 0 atom stereocenters. The topological polar surface area (TPSA) is 104 Å². The van der Waals surface area contributed by atoms with Crippen LogP contribution < -0.4 is 16.2 Å². The van der Waals surface area contributed by atoms with Crippen LogP contribution >= 0.6 is 0 Å². The summed E-state index contributed by atoms with van der Waals surface area (Å²) in [6.45, 7) is 0. The van der Waals surface area contributed by atoms with Crippen molar-refractivity contribution in [2.24, 2.45) is 5.73 Å². The third-order valence-electron chi connectivity index (χ3n) is 2.06. The van der Waals surface area contributed by atoms with Gasteiger partial charge in [-0.25, -0.2) is 4.98 Å². The fourth-order valence-electron chi connectivity index (χ4n) is 1.21. The molecule has 1 aromatic carbocycles. The molecule has 6 nitrogen and oxygen atoms in total. The molecular formula is C11H10N4O2. The van der Waals surface area contributed by atoms with Crippen LogP contribution in [0.25, 0.3) is 0 Å². The highest BCUT2D eigenvalue weighted by Gasteiger charge is 2.04. The SMILES string of the molecule is NC(=O)c1ccc(Oc2ncncc2N)cc1. The number of carbonyl (C=O) groups excluding carboxylic acids is 1.